The third-order valence-corrected chi connectivity index (χ3v) is 7.80. The Hall–Kier alpha value is -4.26. The molecule has 3 aromatic carbocycles. The summed E-state index contributed by atoms with van der Waals surface area (Å²) in [5.41, 5.74) is 8.05. The second-order valence-corrected chi connectivity index (χ2v) is 12.7. The molecule has 3 unspecified atom stereocenters. The highest BCUT2D eigenvalue weighted by molar-refractivity contribution is 7.85. The van der Waals surface area contributed by atoms with E-state index < -0.39 is 29.2 Å². The number of benzene rings is 3. The van der Waals surface area contributed by atoms with E-state index >= 15 is 0 Å². The van der Waals surface area contributed by atoms with Gasteiger partial charge in [0.05, 0.1) is 30.4 Å². The molecule has 0 radical (unpaired) electrons. The molecule has 1 amide bonds. The average Bonchev–Trinajstić information content (AvgIpc) is 3.33. The van der Waals surface area contributed by atoms with Crippen LogP contribution < -0.4 is 20.1 Å². The Morgan fingerprint density at radius 3 is 2.26 bits per heavy atom. The quantitative estimate of drug-likeness (QED) is 0.218. The van der Waals surface area contributed by atoms with Gasteiger partial charge in [0.25, 0.3) is 5.91 Å². The van der Waals surface area contributed by atoms with Crippen molar-refractivity contribution in [1.29, 1.82) is 0 Å². The molecule has 1 aromatic heterocycles. The highest BCUT2D eigenvalue weighted by Crippen LogP contribution is 2.42. The number of nitrogens with one attached hydrogen (secondary N) is 1. The van der Waals surface area contributed by atoms with Crippen molar-refractivity contribution in [1.82, 2.24) is 5.32 Å². The van der Waals surface area contributed by atoms with Gasteiger partial charge in [-0.05, 0) is 67.4 Å². The van der Waals surface area contributed by atoms with Crippen LogP contribution in [0, 0.1) is 11.7 Å². The summed E-state index contributed by atoms with van der Waals surface area (Å²) in [6.07, 6.45) is 0.493. The third-order valence-electron chi connectivity index (χ3n) is 6.84. The standard InChI is InChI=1S/C30H30FN3O7S.C4H10/c1-17-23-12-24-26(13-25(23)34(42(3)37)15-22(39-17)16-38-27(35)14-32)41-29(28(24)30(36)33-2)18-4-8-20(9-5-18)40-21-10-6-19(31)7-11-21;1-4(2)3/h4-13,17,22H,14-16,32H2,1-3H3,(H,33,36);4H,1-3H3. The van der Waals surface area contributed by atoms with E-state index in [1.165, 1.54) is 31.3 Å². The van der Waals surface area contributed by atoms with Crippen molar-refractivity contribution in [2.75, 3.05) is 37.3 Å². The van der Waals surface area contributed by atoms with Crippen LogP contribution in [0.15, 0.2) is 65.1 Å². The van der Waals surface area contributed by atoms with Crippen molar-refractivity contribution in [2.45, 2.75) is 39.9 Å². The molecule has 0 bridgehead atoms. The van der Waals surface area contributed by atoms with Gasteiger partial charge in [-0.2, -0.15) is 0 Å². The number of ether oxygens (including phenoxy) is 3. The largest absolute Gasteiger partial charge is 0.462 e. The second-order valence-electron chi connectivity index (χ2n) is 11.4. The number of fused-ring (bicyclic) bond motifs is 2. The SMILES string of the molecule is CC(C)C.CNC(=O)c1c(-c2ccc(Oc3ccc(F)cc3)cc2)oc2cc3c(cc12)C(C)OC(COC(=O)CN)CN3S(C)=O. The van der Waals surface area contributed by atoms with Gasteiger partial charge in [0, 0.05) is 35.9 Å². The second kappa shape index (κ2) is 15.4. The lowest BCUT2D eigenvalue weighted by Gasteiger charge is -2.24. The maximum Gasteiger partial charge on any atom is 0.319 e. The van der Waals surface area contributed by atoms with E-state index in [4.69, 9.17) is 24.4 Å². The molecule has 0 aliphatic carbocycles. The number of nitrogens with zero attached hydrogens (tertiary/aromatic N) is 1. The number of amides is 1. The van der Waals surface area contributed by atoms with E-state index in [0.717, 1.165) is 5.92 Å². The van der Waals surface area contributed by atoms with E-state index in [0.29, 0.717) is 50.6 Å². The fourth-order valence-corrected chi connectivity index (χ4v) is 5.64. The highest BCUT2D eigenvalue weighted by atomic mass is 32.2. The normalized spacial score (nSPS) is 16.6. The first-order chi connectivity index (χ1) is 21.9. The number of halogens is 1. The van der Waals surface area contributed by atoms with E-state index in [2.05, 4.69) is 26.1 Å². The monoisotopic (exact) mass is 653 g/mol. The Morgan fingerprint density at radius 2 is 1.70 bits per heavy atom. The Kier molecular flexibility index (Phi) is 11.5. The summed E-state index contributed by atoms with van der Waals surface area (Å²) in [4.78, 5) is 24.8. The van der Waals surface area contributed by atoms with Crippen molar-refractivity contribution in [3.05, 3.63) is 77.6 Å². The zero-order valence-corrected chi connectivity index (χ0v) is 27.6. The predicted molar refractivity (Wildman–Crippen MR) is 177 cm³/mol. The van der Waals surface area contributed by atoms with Gasteiger partial charge in [0.15, 0.2) is 0 Å². The van der Waals surface area contributed by atoms with Crippen LogP contribution in [0.4, 0.5) is 10.1 Å². The van der Waals surface area contributed by atoms with Gasteiger partial charge in [0.1, 0.15) is 52.4 Å². The Bertz CT molecular complexity index is 1690. The van der Waals surface area contributed by atoms with Crippen LogP contribution in [-0.2, 0) is 25.3 Å². The number of furan rings is 1. The fourth-order valence-electron chi connectivity index (χ4n) is 4.83. The van der Waals surface area contributed by atoms with Crippen molar-refractivity contribution < 1.29 is 36.8 Å². The predicted octanol–water partition coefficient (Wildman–Crippen LogP) is 6.11. The average molecular weight is 654 g/mol. The molecule has 246 valence electrons. The summed E-state index contributed by atoms with van der Waals surface area (Å²) in [6.45, 7) is 8.23. The molecule has 0 saturated carbocycles. The van der Waals surface area contributed by atoms with Crippen molar-refractivity contribution >= 4 is 39.5 Å². The van der Waals surface area contributed by atoms with Crippen LogP contribution in [-0.4, -0.2) is 55.2 Å². The molecule has 3 N–H and O–H groups in total. The molecule has 2 heterocycles. The molecule has 5 rings (SSSR count). The molecular formula is C34H40FN3O7S. The minimum absolute atomic E-state index is 0.0489. The van der Waals surface area contributed by atoms with Gasteiger partial charge < -0.3 is 29.7 Å². The number of carbonyl (C=O) groups is 2. The molecule has 46 heavy (non-hydrogen) atoms. The first-order valence-corrected chi connectivity index (χ1v) is 16.4. The first kappa shape index (κ1) is 34.6. The van der Waals surface area contributed by atoms with E-state index in [1.807, 2.05) is 13.0 Å². The topological polar surface area (TPSA) is 133 Å². The van der Waals surface area contributed by atoms with Crippen molar-refractivity contribution in [2.24, 2.45) is 11.7 Å². The van der Waals surface area contributed by atoms with Crippen LogP contribution in [0.3, 0.4) is 0 Å². The first-order valence-electron chi connectivity index (χ1n) is 14.9. The summed E-state index contributed by atoms with van der Waals surface area (Å²) in [7, 11) is 0.0841. The maximum atomic E-state index is 13.2. The smallest absolute Gasteiger partial charge is 0.319 e. The van der Waals surface area contributed by atoms with Gasteiger partial charge in [-0.15, -0.1) is 0 Å². The van der Waals surface area contributed by atoms with Crippen LogP contribution >= 0.6 is 0 Å². The van der Waals surface area contributed by atoms with Crippen molar-refractivity contribution in [3.8, 4) is 22.8 Å². The Morgan fingerprint density at radius 1 is 1.09 bits per heavy atom. The van der Waals surface area contributed by atoms with E-state index in [-0.39, 0.29) is 31.4 Å². The number of rotatable bonds is 8. The fraction of sp³-hybridized carbons (Fsp3) is 0.353. The minimum atomic E-state index is -1.45. The maximum absolute atomic E-state index is 13.2. The molecular weight excluding hydrogens is 613 g/mol. The number of nitrogens with two attached hydrogens (primary N) is 1. The summed E-state index contributed by atoms with van der Waals surface area (Å²) in [5, 5.41) is 3.24. The summed E-state index contributed by atoms with van der Waals surface area (Å²) >= 11 is 0. The highest BCUT2D eigenvalue weighted by Gasteiger charge is 2.32. The van der Waals surface area contributed by atoms with E-state index in [1.54, 1.807) is 40.9 Å². The molecule has 3 atom stereocenters. The molecule has 0 saturated heterocycles. The lowest BCUT2D eigenvalue weighted by Crippen LogP contribution is -2.37. The molecule has 0 spiro atoms. The molecule has 10 nitrogen and oxygen atoms in total. The van der Waals surface area contributed by atoms with Crippen LogP contribution in [0.25, 0.3) is 22.3 Å². The summed E-state index contributed by atoms with van der Waals surface area (Å²) < 4.78 is 51.2. The van der Waals surface area contributed by atoms with Gasteiger partial charge in [0.2, 0.25) is 0 Å². The molecule has 1 aliphatic rings. The third kappa shape index (κ3) is 8.31. The zero-order valence-electron chi connectivity index (χ0n) is 26.8. The molecule has 1 aliphatic heterocycles. The van der Waals surface area contributed by atoms with Crippen LogP contribution in [0.1, 0.15) is 49.7 Å². The van der Waals surface area contributed by atoms with Gasteiger partial charge in [-0.3, -0.25) is 13.9 Å². The number of esters is 1. The molecule has 4 aromatic rings. The summed E-state index contributed by atoms with van der Waals surface area (Å²) in [6, 6.07) is 16.2. The Balaban J connectivity index is 0.00000113. The number of carbonyl (C=O) groups excluding carboxylic acids is 2. The lowest BCUT2D eigenvalue weighted by molar-refractivity contribution is -0.147. The number of anilines is 1. The number of hydrogen-bond donors (Lipinski definition) is 2. The van der Waals surface area contributed by atoms with E-state index in [9.17, 15) is 18.2 Å². The van der Waals surface area contributed by atoms with Crippen LogP contribution in [0.5, 0.6) is 11.5 Å². The van der Waals surface area contributed by atoms with Crippen molar-refractivity contribution in [3.63, 3.8) is 0 Å². The van der Waals surface area contributed by atoms with Crippen LogP contribution in [0.2, 0.25) is 0 Å². The van der Waals surface area contributed by atoms with Gasteiger partial charge in [-0.25, -0.2) is 8.60 Å². The summed E-state index contributed by atoms with van der Waals surface area (Å²) in [5.74, 6) is 0.918. The lowest BCUT2D eigenvalue weighted by atomic mass is 10.0. The Labute approximate surface area is 270 Å². The minimum Gasteiger partial charge on any atom is -0.462 e. The number of hydrogen-bond acceptors (Lipinski definition) is 8. The zero-order chi connectivity index (χ0) is 33.5. The van der Waals surface area contributed by atoms with Gasteiger partial charge >= 0.3 is 5.97 Å². The molecule has 0 fully saturated rings. The molecule has 12 heteroatoms. The van der Waals surface area contributed by atoms with Gasteiger partial charge in [-0.1, -0.05) is 20.8 Å².